The Labute approximate surface area is 75.7 Å². The van der Waals surface area contributed by atoms with E-state index in [0.717, 1.165) is 24.9 Å². The largest absolute Gasteiger partial charge is 0.330 e. The van der Waals surface area contributed by atoms with E-state index in [4.69, 9.17) is 11.5 Å². The molecule has 0 saturated heterocycles. The fraction of sp³-hybridized carbons (Fsp3) is 1.00. The summed E-state index contributed by atoms with van der Waals surface area (Å²) in [7, 11) is 0. The fourth-order valence-electron chi connectivity index (χ4n) is 2.19. The number of hydrogen-bond donors (Lipinski definition) is 2. The van der Waals surface area contributed by atoms with Gasteiger partial charge in [0.25, 0.3) is 0 Å². The first-order valence-electron chi connectivity index (χ1n) is 5.18. The van der Waals surface area contributed by atoms with Gasteiger partial charge in [-0.3, -0.25) is 0 Å². The summed E-state index contributed by atoms with van der Waals surface area (Å²) < 4.78 is 0. The maximum Gasteiger partial charge on any atom is -0.00489 e. The van der Waals surface area contributed by atoms with Gasteiger partial charge in [-0.25, -0.2) is 0 Å². The highest BCUT2D eigenvalue weighted by Crippen LogP contribution is 2.32. The third-order valence-electron chi connectivity index (χ3n) is 3.40. The van der Waals surface area contributed by atoms with Crippen molar-refractivity contribution in [1.29, 1.82) is 0 Å². The SMILES string of the molecule is CC(CN)C1CCC(CN)CC1. The Morgan fingerprint density at radius 2 is 1.75 bits per heavy atom. The summed E-state index contributed by atoms with van der Waals surface area (Å²) in [6, 6.07) is 0. The molecule has 2 nitrogen and oxygen atoms in total. The monoisotopic (exact) mass is 170 g/mol. The van der Waals surface area contributed by atoms with Crippen molar-refractivity contribution in [3.8, 4) is 0 Å². The second-order valence-electron chi connectivity index (χ2n) is 4.23. The minimum absolute atomic E-state index is 0.712. The van der Waals surface area contributed by atoms with Crippen LogP contribution >= 0.6 is 0 Å². The van der Waals surface area contributed by atoms with Gasteiger partial charge in [-0.2, -0.15) is 0 Å². The Morgan fingerprint density at radius 1 is 1.17 bits per heavy atom. The summed E-state index contributed by atoms with van der Waals surface area (Å²) in [5, 5.41) is 0. The van der Waals surface area contributed by atoms with Crippen molar-refractivity contribution in [2.75, 3.05) is 13.1 Å². The normalized spacial score (nSPS) is 33.2. The zero-order valence-electron chi connectivity index (χ0n) is 8.13. The second-order valence-corrected chi connectivity index (χ2v) is 4.23. The number of hydrogen-bond acceptors (Lipinski definition) is 2. The lowest BCUT2D eigenvalue weighted by Crippen LogP contribution is -2.27. The summed E-state index contributed by atoms with van der Waals surface area (Å²) in [5.74, 6) is 2.38. The number of nitrogens with two attached hydrogens (primary N) is 2. The van der Waals surface area contributed by atoms with E-state index in [0.29, 0.717) is 5.92 Å². The Balaban J connectivity index is 2.25. The molecule has 0 aliphatic heterocycles. The summed E-state index contributed by atoms with van der Waals surface area (Å²) >= 11 is 0. The predicted molar refractivity (Wildman–Crippen MR) is 52.7 cm³/mol. The number of rotatable bonds is 3. The zero-order valence-corrected chi connectivity index (χ0v) is 8.13. The average molecular weight is 170 g/mol. The van der Waals surface area contributed by atoms with Crippen LogP contribution in [0.3, 0.4) is 0 Å². The molecule has 12 heavy (non-hydrogen) atoms. The Kier molecular flexibility index (Phi) is 4.02. The minimum atomic E-state index is 0.712. The lowest BCUT2D eigenvalue weighted by Gasteiger charge is -2.31. The zero-order chi connectivity index (χ0) is 8.97. The Morgan fingerprint density at radius 3 is 2.17 bits per heavy atom. The van der Waals surface area contributed by atoms with E-state index in [1.54, 1.807) is 0 Å². The molecule has 0 aromatic heterocycles. The first-order chi connectivity index (χ1) is 5.77. The van der Waals surface area contributed by atoms with Gasteiger partial charge in [0.1, 0.15) is 0 Å². The molecule has 1 atom stereocenters. The van der Waals surface area contributed by atoms with Crippen molar-refractivity contribution >= 4 is 0 Å². The topological polar surface area (TPSA) is 52.0 Å². The maximum atomic E-state index is 5.65. The molecule has 0 radical (unpaired) electrons. The van der Waals surface area contributed by atoms with Crippen molar-refractivity contribution < 1.29 is 0 Å². The van der Waals surface area contributed by atoms with Gasteiger partial charge in [0, 0.05) is 0 Å². The van der Waals surface area contributed by atoms with Crippen LogP contribution in [0.25, 0.3) is 0 Å². The van der Waals surface area contributed by atoms with Crippen molar-refractivity contribution in [3.05, 3.63) is 0 Å². The third kappa shape index (κ3) is 2.46. The highest BCUT2D eigenvalue weighted by molar-refractivity contribution is 4.76. The van der Waals surface area contributed by atoms with Gasteiger partial charge in [-0.1, -0.05) is 6.92 Å². The molecule has 0 spiro atoms. The van der Waals surface area contributed by atoms with Crippen LogP contribution in [0.2, 0.25) is 0 Å². The summed E-state index contributed by atoms with van der Waals surface area (Å²) in [6.07, 6.45) is 5.34. The van der Waals surface area contributed by atoms with Gasteiger partial charge in [0.2, 0.25) is 0 Å². The van der Waals surface area contributed by atoms with Crippen LogP contribution in [0.5, 0.6) is 0 Å². The predicted octanol–water partition coefficient (Wildman–Crippen LogP) is 1.35. The van der Waals surface area contributed by atoms with E-state index < -0.39 is 0 Å². The van der Waals surface area contributed by atoms with Crippen LogP contribution in [0.15, 0.2) is 0 Å². The Bertz CT molecular complexity index is 117. The smallest absolute Gasteiger partial charge is 0.00489 e. The minimum Gasteiger partial charge on any atom is -0.330 e. The van der Waals surface area contributed by atoms with Gasteiger partial charge < -0.3 is 11.5 Å². The fourth-order valence-corrected chi connectivity index (χ4v) is 2.19. The molecular weight excluding hydrogens is 148 g/mol. The molecule has 0 amide bonds. The second kappa shape index (κ2) is 4.83. The molecule has 1 aliphatic carbocycles. The summed E-state index contributed by atoms with van der Waals surface area (Å²) in [5.41, 5.74) is 11.3. The lowest BCUT2D eigenvalue weighted by molar-refractivity contribution is 0.221. The molecule has 1 rings (SSSR count). The van der Waals surface area contributed by atoms with Crippen molar-refractivity contribution in [2.45, 2.75) is 32.6 Å². The van der Waals surface area contributed by atoms with Gasteiger partial charge >= 0.3 is 0 Å². The van der Waals surface area contributed by atoms with E-state index in [2.05, 4.69) is 6.92 Å². The van der Waals surface area contributed by atoms with Crippen LogP contribution in [-0.4, -0.2) is 13.1 Å². The lowest BCUT2D eigenvalue weighted by atomic mass is 9.76. The average Bonchev–Trinajstić information content (AvgIpc) is 2.17. The van der Waals surface area contributed by atoms with E-state index in [1.807, 2.05) is 0 Å². The van der Waals surface area contributed by atoms with E-state index in [-0.39, 0.29) is 0 Å². The molecule has 0 aromatic carbocycles. The van der Waals surface area contributed by atoms with E-state index in [1.165, 1.54) is 25.7 Å². The molecular formula is C10H22N2. The Hall–Kier alpha value is -0.0800. The van der Waals surface area contributed by atoms with Gasteiger partial charge in [0.15, 0.2) is 0 Å². The van der Waals surface area contributed by atoms with Crippen LogP contribution in [0.1, 0.15) is 32.6 Å². The van der Waals surface area contributed by atoms with Crippen LogP contribution in [0.4, 0.5) is 0 Å². The molecule has 1 fully saturated rings. The highest BCUT2D eigenvalue weighted by atomic mass is 14.6. The molecule has 2 heteroatoms. The van der Waals surface area contributed by atoms with Gasteiger partial charge in [-0.15, -0.1) is 0 Å². The first kappa shape index (κ1) is 10.0. The third-order valence-corrected chi connectivity index (χ3v) is 3.40. The quantitative estimate of drug-likeness (QED) is 0.671. The highest BCUT2D eigenvalue weighted by Gasteiger charge is 2.23. The van der Waals surface area contributed by atoms with E-state index >= 15 is 0 Å². The summed E-state index contributed by atoms with van der Waals surface area (Å²) in [6.45, 7) is 4.00. The standard InChI is InChI=1S/C10H22N2/c1-8(6-11)10-4-2-9(7-12)3-5-10/h8-10H,2-7,11-12H2,1H3. The van der Waals surface area contributed by atoms with Crippen LogP contribution < -0.4 is 11.5 Å². The molecule has 0 bridgehead atoms. The molecule has 0 aromatic rings. The molecule has 4 N–H and O–H groups in total. The van der Waals surface area contributed by atoms with E-state index in [9.17, 15) is 0 Å². The first-order valence-corrected chi connectivity index (χ1v) is 5.18. The molecule has 1 saturated carbocycles. The van der Waals surface area contributed by atoms with Gasteiger partial charge in [-0.05, 0) is 56.5 Å². The molecule has 72 valence electrons. The summed E-state index contributed by atoms with van der Waals surface area (Å²) in [4.78, 5) is 0. The van der Waals surface area contributed by atoms with Crippen molar-refractivity contribution in [2.24, 2.45) is 29.2 Å². The molecule has 1 aliphatic rings. The van der Waals surface area contributed by atoms with Crippen LogP contribution in [-0.2, 0) is 0 Å². The van der Waals surface area contributed by atoms with Gasteiger partial charge in [0.05, 0.1) is 0 Å². The van der Waals surface area contributed by atoms with Crippen LogP contribution in [0, 0.1) is 17.8 Å². The molecule has 0 heterocycles. The van der Waals surface area contributed by atoms with Crippen molar-refractivity contribution in [1.82, 2.24) is 0 Å². The van der Waals surface area contributed by atoms with Crippen molar-refractivity contribution in [3.63, 3.8) is 0 Å². The molecule has 1 unspecified atom stereocenters. The maximum absolute atomic E-state index is 5.65.